The van der Waals surface area contributed by atoms with Crippen LogP contribution in [0, 0.1) is 18.6 Å². The lowest BCUT2D eigenvalue weighted by Gasteiger charge is -2.13. The Morgan fingerprint density at radius 3 is 2.78 bits per heavy atom. The van der Waals surface area contributed by atoms with Gasteiger partial charge in [0, 0.05) is 13.7 Å². The molecule has 3 N–H and O–H groups in total. The van der Waals surface area contributed by atoms with Crippen molar-refractivity contribution in [3.05, 3.63) is 29.3 Å². The monoisotopic (exact) mass is 258 g/mol. The Kier molecular flexibility index (Phi) is 5.18. The van der Waals surface area contributed by atoms with E-state index in [0.29, 0.717) is 6.61 Å². The molecule has 6 heteroatoms. The minimum absolute atomic E-state index is 0.247. The first-order valence-electron chi connectivity index (χ1n) is 5.47. The van der Waals surface area contributed by atoms with Crippen LogP contribution in [0.2, 0.25) is 0 Å². The maximum atomic E-state index is 13.6. The maximum Gasteiger partial charge on any atom is 0.241 e. The molecular formula is C12H16F2N2O2. The molecule has 0 saturated carbocycles. The van der Waals surface area contributed by atoms with Gasteiger partial charge in [-0.2, -0.15) is 0 Å². The Hall–Kier alpha value is -1.53. The second-order valence-electron chi connectivity index (χ2n) is 3.93. The van der Waals surface area contributed by atoms with Crippen molar-refractivity contribution in [2.24, 2.45) is 5.73 Å². The second-order valence-corrected chi connectivity index (χ2v) is 3.93. The molecule has 0 saturated heterocycles. The van der Waals surface area contributed by atoms with Crippen LogP contribution in [0.1, 0.15) is 12.0 Å². The number of nitrogens with two attached hydrogens (primary N) is 1. The van der Waals surface area contributed by atoms with Gasteiger partial charge in [-0.25, -0.2) is 8.78 Å². The SMILES string of the molecule is COCCC(N)C(=O)Nc1c(F)ccc(C)c1F. The van der Waals surface area contributed by atoms with E-state index in [1.165, 1.54) is 20.1 Å². The van der Waals surface area contributed by atoms with Gasteiger partial charge >= 0.3 is 0 Å². The van der Waals surface area contributed by atoms with Crippen molar-refractivity contribution in [1.82, 2.24) is 0 Å². The van der Waals surface area contributed by atoms with Gasteiger partial charge in [-0.05, 0) is 25.0 Å². The number of rotatable bonds is 5. The third kappa shape index (κ3) is 3.48. The fourth-order valence-corrected chi connectivity index (χ4v) is 1.36. The molecule has 100 valence electrons. The Morgan fingerprint density at radius 1 is 1.50 bits per heavy atom. The summed E-state index contributed by atoms with van der Waals surface area (Å²) in [5.74, 6) is -2.26. The minimum atomic E-state index is -0.871. The van der Waals surface area contributed by atoms with E-state index < -0.39 is 29.3 Å². The summed E-state index contributed by atoms with van der Waals surface area (Å²) in [4.78, 5) is 11.6. The summed E-state index contributed by atoms with van der Waals surface area (Å²) in [5, 5.41) is 2.16. The standard InChI is InChI=1S/C12H16F2N2O2/c1-7-3-4-8(13)11(10(7)14)16-12(17)9(15)5-6-18-2/h3-4,9H,5-6,15H2,1-2H3,(H,16,17). The minimum Gasteiger partial charge on any atom is -0.385 e. The lowest BCUT2D eigenvalue weighted by atomic mass is 10.1. The molecule has 0 bridgehead atoms. The van der Waals surface area contributed by atoms with E-state index in [-0.39, 0.29) is 12.0 Å². The average Bonchev–Trinajstić information content (AvgIpc) is 2.36. The molecule has 0 radical (unpaired) electrons. The van der Waals surface area contributed by atoms with Crippen molar-refractivity contribution in [2.75, 3.05) is 19.0 Å². The molecule has 0 aliphatic rings. The van der Waals surface area contributed by atoms with Crippen molar-refractivity contribution in [3.8, 4) is 0 Å². The van der Waals surface area contributed by atoms with Crippen LogP contribution >= 0.6 is 0 Å². The molecule has 0 aliphatic carbocycles. The quantitative estimate of drug-likeness (QED) is 0.842. The van der Waals surface area contributed by atoms with E-state index in [1.807, 2.05) is 0 Å². The summed E-state index contributed by atoms with van der Waals surface area (Å²) in [7, 11) is 1.48. The van der Waals surface area contributed by atoms with Gasteiger partial charge in [0.25, 0.3) is 0 Å². The van der Waals surface area contributed by atoms with Gasteiger partial charge in [0.15, 0.2) is 5.82 Å². The summed E-state index contributed by atoms with van der Waals surface area (Å²) < 4.78 is 31.8. The molecule has 1 atom stereocenters. The number of methoxy groups -OCH3 is 1. The number of anilines is 1. The number of hydrogen-bond acceptors (Lipinski definition) is 3. The van der Waals surface area contributed by atoms with Gasteiger partial charge in [-0.3, -0.25) is 4.79 Å². The van der Waals surface area contributed by atoms with E-state index in [9.17, 15) is 13.6 Å². The number of carbonyl (C=O) groups is 1. The molecular weight excluding hydrogens is 242 g/mol. The molecule has 18 heavy (non-hydrogen) atoms. The first-order chi connectivity index (χ1) is 8.47. The maximum absolute atomic E-state index is 13.6. The first kappa shape index (κ1) is 14.5. The predicted molar refractivity (Wildman–Crippen MR) is 64.2 cm³/mol. The summed E-state index contributed by atoms with van der Waals surface area (Å²) >= 11 is 0. The van der Waals surface area contributed by atoms with Crippen LogP contribution in [0.25, 0.3) is 0 Å². The zero-order valence-corrected chi connectivity index (χ0v) is 10.3. The molecule has 4 nitrogen and oxygen atoms in total. The van der Waals surface area contributed by atoms with E-state index in [1.54, 1.807) is 0 Å². The normalized spacial score (nSPS) is 12.3. The Morgan fingerprint density at radius 2 is 2.17 bits per heavy atom. The van der Waals surface area contributed by atoms with Crippen LogP contribution in [0.5, 0.6) is 0 Å². The van der Waals surface area contributed by atoms with Gasteiger partial charge in [0.1, 0.15) is 11.5 Å². The Labute approximate surface area is 104 Å². The molecule has 1 unspecified atom stereocenters. The lowest BCUT2D eigenvalue weighted by Crippen LogP contribution is -2.37. The van der Waals surface area contributed by atoms with E-state index >= 15 is 0 Å². The van der Waals surface area contributed by atoms with Crippen molar-refractivity contribution in [1.29, 1.82) is 0 Å². The molecule has 1 aromatic carbocycles. The van der Waals surface area contributed by atoms with Crippen LogP contribution in [-0.4, -0.2) is 25.7 Å². The zero-order chi connectivity index (χ0) is 13.7. The van der Waals surface area contributed by atoms with Crippen LogP contribution in [0.4, 0.5) is 14.5 Å². The van der Waals surface area contributed by atoms with Crippen LogP contribution in [-0.2, 0) is 9.53 Å². The van der Waals surface area contributed by atoms with Gasteiger partial charge < -0.3 is 15.8 Å². The smallest absolute Gasteiger partial charge is 0.241 e. The summed E-state index contributed by atoms with van der Waals surface area (Å²) in [5.41, 5.74) is 5.33. The average molecular weight is 258 g/mol. The van der Waals surface area contributed by atoms with Crippen molar-refractivity contribution < 1.29 is 18.3 Å². The van der Waals surface area contributed by atoms with Gasteiger partial charge in [0.05, 0.1) is 6.04 Å². The highest BCUT2D eigenvalue weighted by Gasteiger charge is 2.18. The molecule has 0 heterocycles. The number of carbonyl (C=O) groups excluding carboxylic acids is 1. The number of hydrogen-bond donors (Lipinski definition) is 2. The van der Waals surface area contributed by atoms with Crippen LogP contribution in [0.3, 0.4) is 0 Å². The molecule has 1 aromatic rings. The van der Waals surface area contributed by atoms with Gasteiger partial charge in [-0.1, -0.05) is 6.07 Å². The summed E-state index contributed by atoms with van der Waals surface area (Å²) in [6, 6.07) is 1.52. The molecule has 1 rings (SSSR count). The fraction of sp³-hybridized carbons (Fsp3) is 0.417. The highest BCUT2D eigenvalue weighted by molar-refractivity contribution is 5.94. The number of aryl methyl sites for hydroxylation is 1. The predicted octanol–water partition coefficient (Wildman–Crippen LogP) is 1.58. The zero-order valence-electron chi connectivity index (χ0n) is 10.3. The highest BCUT2D eigenvalue weighted by Crippen LogP contribution is 2.21. The van der Waals surface area contributed by atoms with Crippen LogP contribution < -0.4 is 11.1 Å². The highest BCUT2D eigenvalue weighted by atomic mass is 19.1. The number of benzene rings is 1. The third-order valence-electron chi connectivity index (χ3n) is 2.50. The molecule has 1 amide bonds. The molecule has 0 fully saturated rings. The largest absolute Gasteiger partial charge is 0.385 e. The second kappa shape index (κ2) is 6.42. The van der Waals surface area contributed by atoms with Crippen LogP contribution in [0.15, 0.2) is 12.1 Å². The summed E-state index contributed by atoms with van der Waals surface area (Å²) in [6.07, 6.45) is 0.275. The van der Waals surface area contributed by atoms with E-state index in [2.05, 4.69) is 5.32 Å². The third-order valence-corrected chi connectivity index (χ3v) is 2.50. The number of amides is 1. The van der Waals surface area contributed by atoms with Gasteiger partial charge in [0.2, 0.25) is 5.91 Å². The molecule has 0 spiro atoms. The Bertz CT molecular complexity index is 438. The Balaban J connectivity index is 2.79. The summed E-state index contributed by atoms with van der Waals surface area (Å²) in [6.45, 7) is 1.78. The number of nitrogens with one attached hydrogen (secondary N) is 1. The van der Waals surface area contributed by atoms with Gasteiger partial charge in [-0.15, -0.1) is 0 Å². The molecule has 0 aliphatic heterocycles. The van der Waals surface area contributed by atoms with Crippen molar-refractivity contribution in [3.63, 3.8) is 0 Å². The molecule has 0 aromatic heterocycles. The van der Waals surface area contributed by atoms with Crippen molar-refractivity contribution >= 4 is 11.6 Å². The fourth-order valence-electron chi connectivity index (χ4n) is 1.36. The van der Waals surface area contributed by atoms with Crippen molar-refractivity contribution in [2.45, 2.75) is 19.4 Å². The van der Waals surface area contributed by atoms with E-state index in [0.717, 1.165) is 6.07 Å². The number of ether oxygens (including phenoxy) is 1. The lowest BCUT2D eigenvalue weighted by molar-refractivity contribution is -0.117. The van der Waals surface area contributed by atoms with E-state index in [4.69, 9.17) is 10.5 Å². The first-order valence-corrected chi connectivity index (χ1v) is 5.47. The topological polar surface area (TPSA) is 64.3 Å². The number of halogens is 2.